The number of esters is 4. The molecule has 0 radical (unpaired) electrons. The van der Waals surface area contributed by atoms with Crippen molar-refractivity contribution in [3.63, 3.8) is 0 Å². The smallest absolute Gasteiger partial charge is 0.343 e. The van der Waals surface area contributed by atoms with Crippen molar-refractivity contribution in [2.24, 2.45) is 5.92 Å². The minimum absolute atomic E-state index is 0.0387. The first-order valence-electron chi connectivity index (χ1n) is 22.8. The number of hydrogen-bond acceptors (Lipinski definition) is 14. The number of benzene rings is 4. The van der Waals surface area contributed by atoms with Gasteiger partial charge in [-0.1, -0.05) is 13.2 Å². The molecule has 0 aliphatic carbocycles. The topological polar surface area (TPSA) is 215 Å². The maximum atomic E-state index is 12.5. The molecule has 1 atom stereocenters. The van der Waals surface area contributed by atoms with E-state index in [1.807, 2.05) is 0 Å². The fourth-order valence-corrected chi connectivity index (χ4v) is 6.49. The van der Waals surface area contributed by atoms with Crippen molar-refractivity contribution in [3.05, 3.63) is 144 Å². The molecule has 0 saturated carbocycles. The number of ketones is 1. The summed E-state index contributed by atoms with van der Waals surface area (Å²) in [5, 5.41) is 8.88. The van der Waals surface area contributed by atoms with Gasteiger partial charge in [-0.25, -0.2) is 24.0 Å². The molecule has 1 unspecified atom stereocenters. The minimum Gasteiger partial charge on any atom is -0.494 e. The van der Waals surface area contributed by atoms with Crippen LogP contribution in [0.5, 0.6) is 23.0 Å². The Balaban J connectivity index is 0.000000313. The summed E-state index contributed by atoms with van der Waals surface area (Å²) in [7, 11) is 1.41. The summed E-state index contributed by atoms with van der Waals surface area (Å²) < 4.78 is 32.1. The zero-order valence-electron chi connectivity index (χ0n) is 39.7. The highest BCUT2D eigenvalue weighted by molar-refractivity contribution is 6.07. The minimum atomic E-state index is -1.04. The number of nitrogens with zero attached hydrogens (tertiary/aromatic N) is 1. The van der Waals surface area contributed by atoms with E-state index in [0.29, 0.717) is 65.8 Å². The van der Waals surface area contributed by atoms with Gasteiger partial charge in [0, 0.05) is 36.6 Å². The number of carboxylic acid groups (broad SMARTS) is 1. The molecule has 2 amide bonds. The molecule has 1 aliphatic rings. The van der Waals surface area contributed by atoms with Crippen LogP contribution in [-0.4, -0.2) is 90.9 Å². The van der Waals surface area contributed by atoms with Crippen molar-refractivity contribution in [1.29, 1.82) is 0 Å². The number of Topliss-reactive ketones (excluding diaryl/α,β-unsaturated/α-hetero) is 1. The molecule has 0 aromatic heterocycles. The molecule has 16 heteroatoms. The number of likely N-dealkylation sites (tertiary alicyclic amines) is 1. The summed E-state index contributed by atoms with van der Waals surface area (Å²) >= 11 is 0. The predicted octanol–water partition coefficient (Wildman–Crippen LogP) is 9.20. The summed E-state index contributed by atoms with van der Waals surface area (Å²) in [5.74, 6) is -2.54. The Morgan fingerprint density at radius 3 is 1.24 bits per heavy atom. The van der Waals surface area contributed by atoms with Crippen molar-refractivity contribution in [3.8, 4) is 23.0 Å². The molecule has 4 aromatic rings. The number of rotatable bonds is 26. The largest absolute Gasteiger partial charge is 0.494 e. The Morgan fingerprint density at radius 1 is 0.529 bits per heavy atom. The Labute approximate surface area is 407 Å². The summed E-state index contributed by atoms with van der Waals surface area (Å²) in [6, 6.07) is 24.9. The Kier molecular flexibility index (Phi) is 22.2. The maximum absolute atomic E-state index is 12.5. The number of ether oxygens (including phenoxy) is 6. The third-order valence-electron chi connectivity index (χ3n) is 10.6. The van der Waals surface area contributed by atoms with Crippen molar-refractivity contribution in [2.75, 3.05) is 33.5 Å². The van der Waals surface area contributed by atoms with Gasteiger partial charge in [0.2, 0.25) is 11.8 Å². The average Bonchev–Trinajstić information content (AvgIpc) is 3.59. The maximum Gasteiger partial charge on any atom is 0.343 e. The van der Waals surface area contributed by atoms with Crippen LogP contribution in [-0.2, 0) is 28.7 Å². The van der Waals surface area contributed by atoms with Crippen LogP contribution in [0.25, 0.3) is 0 Å². The van der Waals surface area contributed by atoms with Crippen molar-refractivity contribution >= 4 is 47.4 Å². The van der Waals surface area contributed by atoms with E-state index < -0.39 is 23.8 Å². The van der Waals surface area contributed by atoms with Crippen LogP contribution in [0, 0.1) is 5.92 Å². The van der Waals surface area contributed by atoms with Gasteiger partial charge in [-0.05, 0) is 162 Å². The highest BCUT2D eigenvalue weighted by Crippen LogP contribution is 2.25. The highest BCUT2D eigenvalue weighted by atomic mass is 16.5. The van der Waals surface area contributed by atoms with Crippen LogP contribution < -0.4 is 18.9 Å². The fraction of sp³-hybridized carbons (Fsp3) is 0.333. The molecular weight excluding hydrogens is 903 g/mol. The van der Waals surface area contributed by atoms with Gasteiger partial charge in [-0.15, -0.1) is 0 Å². The number of hydrogen-bond donors (Lipinski definition) is 1. The second kappa shape index (κ2) is 28.4. The molecule has 16 nitrogen and oxygen atoms in total. The van der Waals surface area contributed by atoms with Crippen molar-refractivity contribution < 1.29 is 71.9 Å². The number of aromatic carboxylic acids is 1. The van der Waals surface area contributed by atoms with E-state index in [-0.39, 0.29) is 59.4 Å². The van der Waals surface area contributed by atoms with Crippen molar-refractivity contribution in [2.45, 2.75) is 78.1 Å². The van der Waals surface area contributed by atoms with Gasteiger partial charge in [0.1, 0.15) is 23.0 Å². The first-order chi connectivity index (χ1) is 33.5. The number of unbranched alkanes of at least 4 members (excludes halogenated alkanes) is 6. The Hall–Kier alpha value is -7.88. The van der Waals surface area contributed by atoms with Gasteiger partial charge < -0.3 is 33.5 Å². The van der Waals surface area contributed by atoms with E-state index in [0.717, 1.165) is 56.3 Å². The lowest BCUT2D eigenvalue weighted by Crippen LogP contribution is -2.26. The first kappa shape index (κ1) is 54.7. The fourth-order valence-electron chi connectivity index (χ4n) is 6.49. The lowest BCUT2D eigenvalue weighted by molar-refractivity contribution is -0.139. The molecule has 1 aliphatic heterocycles. The first-order valence-corrected chi connectivity index (χ1v) is 22.8. The average molecular weight is 962 g/mol. The SMILES string of the molecule is C=C(C)C(=O)OCCCCCCOc1ccc(C(=O)Oc2ccc(C(=O)CC3CC(=O)N(C)C3=O)cc2)cc1.C=C(C)C(=O)OCCCCCCOc1ccc(C(=O)Oc2ccc(C(=O)O)cc2)cc1. The third-order valence-corrected chi connectivity index (χ3v) is 10.6. The molecule has 70 heavy (non-hydrogen) atoms. The quantitative estimate of drug-likeness (QED) is 0.0155. The third kappa shape index (κ3) is 18.7. The molecule has 370 valence electrons. The second-order valence-electron chi connectivity index (χ2n) is 16.4. The lowest BCUT2D eigenvalue weighted by atomic mass is 9.97. The number of imide groups is 1. The zero-order chi connectivity index (χ0) is 51.0. The molecule has 1 N–H and O–H groups in total. The van der Waals surface area contributed by atoms with E-state index in [4.69, 9.17) is 33.5 Å². The summed E-state index contributed by atoms with van der Waals surface area (Å²) in [5.41, 5.74) is 2.00. The van der Waals surface area contributed by atoms with E-state index in [1.165, 1.54) is 55.6 Å². The number of carbonyl (C=O) groups excluding carboxylic acids is 7. The lowest BCUT2D eigenvalue weighted by Gasteiger charge is -2.09. The summed E-state index contributed by atoms with van der Waals surface area (Å²) in [6.07, 6.45) is 7.05. The van der Waals surface area contributed by atoms with Crippen LogP contribution in [0.3, 0.4) is 0 Å². The Morgan fingerprint density at radius 2 is 0.886 bits per heavy atom. The van der Waals surface area contributed by atoms with E-state index in [9.17, 15) is 38.4 Å². The van der Waals surface area contributed by atoms with Gasteiger partial charge >= 0.3 is 29.8 Å². The number of amides is 2. The molecule has 1 fully saturated rings. The van der Waals surface area contributed by atoms with Crippen LogP contribution in [0.1, 0.15) is 119 Å². The van der Waals surface area contributed by atoms with Crippen LogP contribution in [0.4, 0.5) is 0 Å². The monoisotopic (exact) mass is 961 g/mol. The molecule has 4 aromatic carbocycles. The molecule has 0 spiro atoms. The predicted molar refractivity (Wildman–Crippen MR) is 257 cm³/mol. The number of carbonyl (C=O) groups is 8. The van der Waals surface area contributed by atoms with Gasteiger partial charge in [0.15, 0.2) is 5.78 Å². The highest BCUT2D eigenvalue weighted by Gasteiger charge is 2.37. The number of carboxylic acids is 1. The second-order valence-corrected chi connectivity index (χ2v) is 16.4. The molecule has 5 rings (SSSR count). The van der Waals surface area contributed by atoms with Crippen LogP contribution in [0.15, 0.2) is 121 Å². The Bertz CT molecular complexity index is 2460. The van der Waals surface area contributed by atoms with Crippen LogP contribution >= 0.6 is 0 Å². The van der Waals surface area contributed by atoms with E-state index in [1.54, 1.807) is 62.4 Å². The zero-order valence-corrected chi connectivity index (χ0v) is 39.7. The van der Waals surface area contributed by atoms with Gasteiger partial charge in [0.05, 0.1) is 49.0 Å². The molecule has 1 saturated heterocycles. The van der Waals surface area contributed by atoms with Gasteiger partial charge in [0.25, 0.3) is 0 Å². The van der Waals surface area contributed by atoms with Crippen molar-refractivity contribution in [1.82, 2.24) is 4.90 Å². The van der Waals surface area contributed by atoms with Crippen LogP contribution in [0.2, 0.25) is 0 Å². The van der Waals surface area contributed by atoms with E-state index >= 15 is 0 Å². The van der Waals surface area contributed by atoms with Gasteiger partial charge in [-0.3, -0.25) is 19.3 Å². The normalized spacial score (nSPS) is 12.7. The molecule has 1 heterocycles. The standard InChI is InChI=1S/C30H33NO8.C24H26O7/c1-20(2)29(35)38-17-7-5-4-6-16-37-24-12-10-22(11-13-24)30(36)39-25-14-8-21(9-15-25)26(32)18-23-19-27(33)31(3)28(23)34;1-17(2)23(27)30-16-6-4-3-5-15-29-20-11-9-19(10-12-20)24(28)31-21-13-7-18(8-14-21)22(25)26/h8-15,23H,1,4-7,16-19H2,2-3H3;7-14H,1,3-6,15-16H2,2H3,(H,25,26). The van der Waals surface area contributed by atoms with Gasteiger partial charge in [-0.2, -0.15) is 0 Å². The molecular formula is C54H59NO15. The van der Waals surface area contributed by atoms with E-state index in [2.05, 4.69) is 13.2 Å². The summed E-state index contributed by atoms with van der Waals surface area (Å²) in [4.78, 5) is 95.3. The summed E-state index contributed by atoms with van der Waals surface area (Å²) in [6.45, 7) is 12.2. The molecule has 0 bridgehead atoms.